The molecule has 1 saturated heterocycles. The molecule has 5 aliphatic rings. The first kappa shape index (κ1) is 32.6. The van der Waals surface area contributed by atoms with Crippen molar-refractivity contribution in [2.75, 3.05) is 5.75 Å². The lowest BCUT2D eigenvalue weighted by atomic mass is 9.53. The molecule has 4 bridgehead atoms. The summed E-state index contributed by atoms with van der Waals surface area (Å²) in [5.74, 6) is 3.16. The first-order valence-corrected chi connectivity index (χ1v) is 18.7. The van der Waals surface area contributed by atoms with E-state index >= 15 is 0 Å². The van der Waals surface area contributed by atoms with Gasteiger partial charge in [0.05, 0.1) is 18.8 Å². The number of aliphatic hydroxyl groups excluding tert-OH is 1. The Bertz CT molecular complexity index is 1720. The quantitative estimate of drug-likeness (QED) is 0.149. The van der Waals surface area contributed by atoms with E-state index in [2.05, 4.69) is 64.1 Å². The highest BCUT2D eigenvalue weighted by Crippen LogP contribution is 2.55. The molecule has 3 atom stereocenters. The second kappa shape index (κ2) is 13.9. The molecule has 4 aromatic rings. The maximum atomic E-state index is 13.1. The highest BCUT2D eigenvalue weighted by atomic mass is 32.2. The summed E-state index contributed by atoms with van der Waals surface area (Å²) in [5.41, 5.74) is 6.20. The van der Waals surface area contributed by atoms with Crippen LogP contribution in [0.25, 0.3) is 11.1 Å². The van der Waals surface area contributed by atoms with Crippen molar-refractivity contribution in [1.29, 1.82) is 0 Å². The standard InChI is InChI=1S/C40H46N4O4S/c1-44-14-13-41-39(44)49-25-35-19-36(32-7-5-26(24-45)6-8-32)48-37(47-35)33-11-9-31(10-12-33)34-4-2-3-27(18-34)23-42-38(46)43-40-20-28-15-29(21-40)17-30(16-28)22-40/h2-14,18,28-30,35-37,45H,15-17,19-25H2,1H3,(H2,42,43,46). The van der Waals surface area contributed by atoms with Gasteiger partial charge in [-0.25, -0.2) is 9.78 Å². The normalized spacial score (nSPS) is 28.8. The first-order chi connectivity index (χ1) is 23.9. The van der Waals surface area contributed by atoms with Gasteiger partial charge in [-0.05, 0) is 90.2 Å². The smallest absolute Gasteiger partial charge is 0.315 e. The minimum Gasteiger partial charge on any atom is -0.392 e. The summed E-state index contributed by atoms with van der Waals surface area (Å²) < 4.78 is 15.1. The van der Waals surface area contributed by atoms with Gasteiger partial charge in [-0.15, -0.1) is 0 Å². The Kier molecular flexibility index (Phi) is 9.27. The maximum absolute atomic E-state index is 13.1. The third kappa shape index (κ3) is 7.31. The summed E-state index contributed by atoms with van der Waals surface area (Å²) in [7, 11) is 2.00. The number of aryl methyl sites for hydroxylation is 1. The largest absolute Gasteiger partial charge is 0.392 e. The molecule has 2 amide bonds. The number of ether oxygens (including phenoxy) is 2. The van der Waals surface area contributed by atoms with Gasteiger partial charge in [0.25, 0.3) is 0 Å². The molecule has 0 radical (unpaired) electrons. The average molecular weight is 679 g/mol. The number of hydrogen-bond acceptors (Lipinski definition) is 6. The van der Waals surface area contributed by atoms with Gasteiger partial charge in [0.15, 0.2) is 11.4 Å². The highest BCUT2D eigenvalue weighted by molar-refractivity contribution is 7.99. The Balaban J connectivity index is 0.921. The van der Waals surface area contributed by atoms with Crippen LogP contribution in [0.4, 0.5) is 4.79 Å². The van der Waals surface area contributed by atoms with E-state index in [9.17, 15) is 9.90 Å². The van der Waals surface area contributed by atoms with Crippen LogP contribution in [0.15, 0.2) is 90.3 Å². The second-order valence-electron chi connectivity index (χ2n) is 14.8. The minimum atomic E-state index is -0.514. The van der Waals surface area contributed by atoms with Crippen LogP contribution in [0.3, 0.4) is 0 Å². The molecule has 1 aliphatic heterocycles. The van der Waals surface area contributed by atoms with E-state index < -0.39 is 6.29 Å². The van der Waals surface area contributed by atoms with Gasteiger partial charge >= 0.3 is 6.03 Å². The van der Waals surface area contributed by atoms with Crippen LogP contribution in [0.2, 0.25) is 0 Å². The zero-order valence-corrected chi connectivity index (χ0v) is 28.9. The number of rotatable bonds is 10. The molecule has 4 aliphatic carbocycles. The molecule has 8 nitrogen and oxygen atoms in total. The van der Waals surface area contributed by atoms with Gasteiger partial charge in [-0.1, -0.05) is 78.5 Å². The van der Waals surface area contributed by atoms with Gasteiger partial charge in [0, 0.05) is 49.3 Å². The van der Waals surface area contributed by atoms with Crippen molar-refractivity contribution < 1.29 is 19.4 Å². The van der Waals surface area contributed by atoms with E-state index in [1.165, 1.54) is 19.3 Å². The summed E-state index contributed by atoms with van der Waals surface area (Å²) >= 11 is 1.69. The Morgan fingerprint density at radius 2 is 1.61 bits per heavy atom. The number of carbonyl (C=O) groups is 1. The lowest BCUT2D eigenvalue weighted by molar-refractivity contribution is -0.245. The summed E-state index contributed by atoms with van der Waals surface area (Å²) in [5, 5.41) is 17.1. The van der Waals surface area contributed by atoms with Crippen LogP contribution < -0.4 is 10.6 Å². The van der Waals surface area contributed by atoms with E-state index in [0.717, 1.165) is 87.7 Å². The van der Waals surface area contributed by atoms with E-state index in [0.29, 0.717) is 6.54 Å². The number of imidazole rings is 1. The van der Waals surface area contributed by atoms with Crippen LogP contribution in [0.1, 0.15) is 79.6 Å². The van der Waals surface area contributed by atoms with E-state index in [1.807, 2.05) is 48.3 Å². The second-order valence-corrected chi connectivity index (χ2v) is 15.8. The molecule has 256 valence electrons. The van der Waals surface area contributed by atoms with Gasteiger partial charge in [0.1, 0.15) is 0 Å². The van der Waals surface area contributed by atoms with Crippen molar-refractivity contribution in [2.24, 2.45) is 24.8 Å². The molecule has 3 N–H and O–H groups in total. The van der Waals surface area contributed by atoms with Crippen molar-refractivity contribution in [3.05, 3.63) is 107 Å². The molecule has 2 heterocycles. The average Bonchev–Trinajstić information content (AvgIpc) is 3.53. The Hall–Kier alpha value is -3.63. The number of aliphatic hydroxyl groups is 1. The van der Waals surface area contributed by atoms with Crippen LogP contribution in [0, 0.1) is 17.8 Å². The monoisotopic (exact) mass is 678 g/mol. The molecule has 4 saturated carbocycles. The van der Waals surface area contributed by atoms with Gasteiger partial charge in [-0.3, -0.25) is 0 Å². The number of carbonyl (C=O) groups excluding carboxylic acids is 1. The van der Waals surface area contributed by atoms with Crippen LogP contribution in [0.5, 0.6) is 0 Å². The van der Waals surface area contributed by atoms with Gasteiger partial charge in [0.2, 0.25) is 0 Å². The number of thioether (sulfide) groups is 1. The number of nitrogens with one attached hydrogen (secondary N) is 2. The summed E-state index contributed by atoms with van der Waals surface area (Å²) in [6.07, 6.45) is 11.4. The Labute approximate surface area is 293 Å². The predicted molar refractivity (Wildman–Crippen MR) is 191 cm³/mol. The molecule has 49 heavy (non-hydrogen) atoms. The van der Waals surface area contributed by atoms with Crippen LogP contribution >= 0.6 is 11.8 Å². The highest BCUT2D eigenvalue weighted by Gasteiger charge is 2.51. The summed E-state index contributed by atoms with van der Waals surface area (Å²) in [4.78, 5) is 17.5. The van der Waals surface area contributed by atoms with Crippen LogP contribution in [-0.2, 0) is 29.7 Å². The fourth-order valence-electron chi connectivity index (χ4n) is 9.11. The van der Waals surface area contributed by atoms with E-state index in [-0.39, 0.29) is 30.4 Å². The van der Waals surface area contributed by atoms with Gasteiger partial charge < -0.3 is 29.8 Å². The van der Waals surface area contributed by atoms with Gasteiger partial charge in [-0.2, -0.15) is 0 Å². The zero-order valence-electron chi connectivity index (χ0n) is 28.1. The molecular formula is C40H46N4O4S. The van der Waals surface area contributed by atoms with Crippen molar-refractivity contribution >= 4 is 17.8 Å². The lowest BCUT2D eigenvalue weighted by Gasteiger charge is -2.56. The number of urea groups is 1. The Morgan fingerprint density at radius 3 is 2.29 bits per heavy atom. The fourth-order valence-corrected chi connectivity index (χ4v) is 10.1. The number of benzene rings is 3. The SMILES string of the molecule is Cn1ccnc1SCC1CC(c2ccc(CO)cc2)OC(c2ccc(-c3cccc(CNC(=O)NC45CC6CC(CC(C6)C4)C5)c3)cc2)O1. The fraction of sp³-hybridized carbons (Fsp3) is 0.450. The van der Waals surface area contributed by atoms with E-state index in [4.69, 9.17) is 9.47 Å². The number of hydrogen-bond donors (Lipinski definition) is 3. The minimum absolute atomic E-state index is 0.0104. The Morgan fingerprint density at radius 1 is 0.898 bits per heavy atom. The summed E-state index contributed by atoms with van der Waals surface area (Å²) in [6, 6.07) is 24.8. The topological polar surface area (TPSA) is 97.6 Å². The third-order valence-electron chi connectivity index (χ3n) is 11.1. The van der Waals surface area contributed by atoms with Crippen molar-refractivity contribution in [3.8, 4) is 11.1 Å². The number of aromatic nitrogens is 2. The van der Waals surface area contributed by atoms with E-state index in [1.54, 1.807) is 11.8 Å². The maximum Gasteiger partial charge on any atom is 0.315 e. The molecule has 9 rings (SSSR count). The molecule has 3 aromatic carbocycles. The zero-order chi connectivity index (χ0) is 33.4. The third-order valence-corrected chi connectivity index (χ3v) is 12.3. The molecule has 3 unspecified atom stereocenters. The molecule has 9 heteroatoms. The molecule has 5 fully saturated rings. The predicted octanol–water partition coefficient (Wildman–Crippen LogP) is 7.69. The van der Waals surface area contributed by atoms with Crippen LogP contribution in [-0.4, -0.2) is 38.1 Å². The number of nitrogens with zero attached hydrogens (tertiary/aromatic N) is 2. The summed E-state index contributed by atoms with van der Waals surface area (Å²) in [6.45, 7) is 0.509. The lowest BCUT2D eigenvalue weighted by Crippen LogP contribution is -2.61. The molecule has 1 aromatic heterocycles. The van der Waals surface area contributed by atoms with Crippen molar-refractivity contribution in [2.45, 2.75) is 87.3 Å². The molecular weight excluding hydrogens is 633 g/mol. The first-order valence-electron chi connectivity index (χ1n) is 17.8. The number of amides is 2. The van der Waals surface area contributed by atoms with Crippen molar-refractivity contribution in [3.63, 3.8) is 0 Å². The molecule has 0 spiro atoms. The van der Waals surface area contributed by atoms with Crippen molar-refractivity contribution in [1.82, 2.24) is 20.2 Å².